The lowest BCUT2D eigenvalue weighted by Crippen LogP contribution is -2.30. The second-order valence-electron chi connectivity index (χ2n) is 3.70. The molecule has 0 aromatic heterocycles. The van der Waals surface area contributed by atoms with Crippen LogP contribution in [0.1, 0.15) is 45.4 Å². The Kier molecular flexibility index (Phi) is 8.82. The first kappa shape index (κ1) is 14.7. The maximum atomic E-state index is 11.0. The van der Waals surface area contributed by atoms with Crippen molar-refractivity contribution in [1.29, 1.82) is 0 Å². The molecule has 0 aromatic rings. The Morgan fingerprint density at radius 3 is 2.47 bits per heavy atom. The number of aliphatic hydroxyl groups is 1. The van der Waals surface area contributed by atoms with Gasteiger partial charge < -0.3 is 9.84 Å². The molecular formula is C11H21ClO3. The molecule has 0 radical (unpaired) electrons. The average molecular weight is 237 g/mol. The molecule has 2 unspecified atom stereocenters. The molecule has 0 saturated heterocycles. The van der Waals surface area contributed by atoms with Crippen molar-refractivity contribution < 1.29 is 14.6 Å². The van der Waals surface area contributed by atoms with E-state index in [1.54, 1.807) is 0 Å². The lowest BCUT2D eigenvalue weighted by Gasteiger charge is -2.14. The standard InChI is InChI=1S/C11H21ClO3/c1-3-4-5-6-7-8-9(13)10(12)11(14)15-2/h9-10,13H,3-8H2,1-2H3. The Morgan fingerprint density at radius 2 is 1.93 bits per heavy atom. The summed E-state index contributed by atoms with van der Waals surface area (Å²) in [5.41, 5.74) is 0. The van der Waals surface area contributed by atoms with Crippen LogP contribution in [0.15, 0.2) is 0 Å². The second-order valence-corrected chi connectivity index (χ2v) is 4.17. The number of halogens is 1. The summed E-state index contributed by atoms with van der Waals surface area (Å²) in [4.78, 5) is 11.0. The number of aliphatic hydroxyl groups excluding tert-OH is 1. The highest BCUT2D eigenvalue weighted by Gasteiger charge is 2.24. The van der Waals surface area contributed by atoms with E-state index < -0.39 is 17.5 Å². The Labute approximate surface area is 96.8 Å². The van der Waals surface area contributed by atoms with Crippen LogP contribution in [0.4, 0.5) is 0 Å². The topological polar surface area (TPSA) is 46.5 Å². The molecule has 0 aliphatic heterocycles. The van der Waals surface area contributed by atoms with Gasteiger partial charge in [0.25, 0.3) is 0 Å². The summed E-state index contributed by atoms with van der Waals surface area (Å²) >= 11 is 5.70. The van der Waals surface area contributed by atoms with Gasteiger partial charge in [-0.1, -0.05) is 39.0 Å². The number of hydrogen-bond acceptors (Lipinski definition) is 3. The van der Waals surface area contributed by atoms with Crippen molar-refractivity contribution >= 4 is 17.6 Å². The monoisotopic (exact) mass is 236 g/mol. The Morgan fingerprint density at radius 1 is 1.33 bits per heavy atom. The molecule has 15 heavy (non-hydrogen) atoms. The van der Waals surface area contributed by atoms with Gasteiger partial charge in [0.05, 0.1) is 13.2 Å². The number of alkyl halides is 1. The third-order valence-electron chi connectivity index (χ3n) is 2.37. The molecule has 0 aliphatic rings. The van der Waals surface area contributed by atoms with Gasteiger partial charge in [-0.2, -0.15) is 0 Å². The van der Waals surface area contributed by atoms with E-state index in [9.17, 15) is 9.90 Å². The van der Waals surface area contributed by atoms with Crippen LogP contribution >= 0.6 is 11.6 Å². The molecule has 2 atom stereocenters. The van der Waals surface area contributed by atoms with Crippen LogP contribution < -0.4 is 0 Å². The van der Waals surface area contributed by atoms with E-state index in [4.69, 9.17) is 11.6 Å². The Balaban J connectivity index is 3.55. The number of unbranched alkanes of at least 4 members (excludes halogenated alkanes) is 4. The third kappa shape index (κ3) is 6.74. The van der Waals surface area contributed by atoms with Gasteiger partial charge in [0, 0.05) is 0 Å². The summed E-state index contributed by atoms with van der Waals surface area (Å²) < 4.78 is 4.45. The highest BCUT2D eigenvalue weighted by molar-refractivity contribution is 6.30. The summed E-state index contributed by atoms with van der Waals surface area (Å²) in [6.07, 6.45) is 5.35. The molecule has 0 aromatic carbocycles. The van der Waals surface area contributed by atoms with Gasteiger partial charge in [-0.15, -0.1) is 11.6 Å². The van der Waals surface area contributed by atoms with E-state index in [1.165, 1.54) is 26.4 Å². The van der Waals surface area contributed by atoms with Crippen molar-refractivity contribution in [3.05, 3.63) is 0 Å². The predicted octanol–water partition coefficient (Wildman–Crippen LogP) is 2.49. The largest absolute Gasteiger partial charge is 0.468 e. The van der Waals surface area contributed by atoms with Gasteiger partial charge in [-0.25, -0.2) is 0 Å². The van der Waals surface area contributed by atoms with Gasteiger partial charge in [0.2, 0.25) is 0 Å². The first-order valence-electron chi connectivity index (χ1n) is 5.53. The molecule has 0 rings (SSSR count). The number of esters is 1. The van der Waals surface area contributed by atoms with Gasteiger partial charge in [0.15, 0.2) is 5.38 Å². The minimum absolute atomic E-state index is 0.558. The van der Waals surface area contributed by atoms with Crippen molar-refractivity contribution in [3.63, 3.8) is 0 Å². The molecule has 4 heteroatoms. The number of methoxy groups -OCH3 is 1. The summed E-state index contributed by atoms with van der Waals surface area (Å²) in [5.74, 6) is -0.558. The zero-order valence-corrected chi connectivity index (χ0v) is 10.3. The van der Waals surface area contributed by atoms with E-state index in [2.05, 4.69) is 11.7 Å². The number of rotatable bonds is 8. The molecule has 0 fully saturated rings. The maximum Gasteiger partial charge on any atom is 0.326 e. The zero-order valence-electron chi connectivity index (χ0n) is 9.54. The Hall–Kier alpha value is -0.280. The van der Waals surface area contributed by atoms with Gasteiger partial charge in [-0.3, -0.25) is 4.79 Å². The first-order valence-corrected chi connectivity index (χ1v) is 5.97. The summed E-state index contributed by atoms with van der Waals surface area (Å²) in [6, 6.07) is 0. The van der Waals surface area contributed by atoms with Crippen molar-refractivity contribution in [2.45, 2.75) is 56.9 Å². The van der Waals surface area contributed by atoms with Crippen LogP contribution in [0.3, 0.4) is 0 Å². The van der Waals surface area contributed by atoms with Crippen molar-refractivity contribution in [1.82, 2.24) is 0 Å². The first-order chi connectivity index (χ1) is 7.13. The maximum absolute atomic E-state index is 11.0. The molecule has 0 spiro atoms. The Bertz CT molecular complexity index is 173. The highest BCUT2D eigenvalue weighted by Crippen LogP contribution is 2.13. The molecule has 90 valence electrons. The van der Waals surface area contributed by atoms with Gasteiger partial charge in [-0.05, 0) is 6.42 Å². The SMILES string of the molecule is CCCCCCCC(O)C(Cl)C(=O)OC. The molecule has 0 amide bonds. The number of ether oxygens (including phenoxy) is 1. The number of hydrogen-bond donors (Lipinski definition) is 1. The quantitative estimate of drug-likeness (QED) is 0.400. The minimum Gasteiger partial charge on any atom is -0.468 e. The lowest BCUT2D eigenvalue weighted by molar-refractivity contribution is -0.142. The number of carbonyl (C=O) groups is 1. The van der Waals surface area contributed by atoms with E-state index >= 15 is 0 Å². The average Bonchev–Trinajstić information content (AvgIpc) is 2.26. The fraction of sp³-hybridized carbons (Fsp3) is 0.909. The predicted molar refractivity (Wildman–Crippen MR) is 61.0 cm³/mol. The summed E-state index contributed by atoms with van der Waals surface area (Å²) in [6.45, 7) is 2.15. The van der Waals surface area contributed by atoms with Crippen LogP contribution in [-0.4, -0.2) is 29.7 Å². The molecule has 0 saturated carbocycles. The fourth-order valence-electron chi connectivity index (χ4n) is 1.37. The zero-order chi connectivity index (χ0) is 11.7. The van der Waals surface area contributed by atoms with Crippen LogP contribution in [0.2, 0.25) is 0 Å². The van der Waals surface area contributed by atoms with Crippen LogP contribution in [0, 0.1) is 0 Å². The van der Waals surface area contributed by atoms with E-state index in [-0.39, 0.29) is 0 Å². The molecule has 3 nitrogen and oxygen atoms in total. The molecule has 0 heterocycles. The normalized spacial score (nSPS) is 14.7. The van der Waals surface area contributed by atoms with E-state index in [1.807, 2.05) is 0 Å². The third-order valence-corrected chi connectivity index (χ3v) is 2.84. The number of carbonyl (C=O) groups excluding carboxylic acids is 1. The molecular weight excluding hydrogens is 216 g/mol. The van der Waals surface area contributed by atoms with Crippen molar-refractivity contribution in [2.75, 3.05) is 7.11 Å². The molecule has 0 bridgehead atoms. The summed E-state index contributed by atoms with van der Waals surface area (Å²) in [7, 11) is 1.27. The second kappa shape index (κ2) is 8.98. The molecule has 0 aliphatic carbocycles. The minimum atomic E-state index is -0.929. The molecule has 1 N–H and O–H groups in total. The van der Waals surface area contributed by atoms with Crippen LogP contribution in [0.5, 0.6) is 0 Å². The lowest BCUT2D eigenvalue weighted by atomic mass is 10.1. The van der Waals surface area contributed by atoms with Gasteiger partial charge in [0.1, 0.15) is 0 Å². The highest BCUT2D eigenvalue weighted by atomic mass is 35.5. The van der Waals surface area contributed by atoms with Crippen LogP contribution in [-0.2, 0) is 9.53 Å². The summed E-state index contributed by atoms with van der Waals surface area (Å²) in [5, 5.41) is 8.61. The van der Waals surface area contributed by atoms with Crippen LogP contribution in [0.25, 0.3) is 0 Å². The smallest absolute Gasteiger partial charge is 0.326 e. The van der Waals surface area contributed by atoms with Crippen molar-refractivity contribution in [2.24, 2.45) is 0 Å². The fourth-order valence-corrected chi connectivity index (χ4v) is 1.59. The van der Waals surface area contributed by atoms with E-state index in [0.717, 1.165) is 12.8 Å². The van der Waals surface area contributed by atoms with Crippen molar-refractivity contribution in [3.8, 4) is 0 Å². The van der Waals surface area contributed by atoms with Gasteiger partial charge >= 0.3 is 5.97 Å². The van der Waals surface area contributed by atoms with E-state index in [0.29, 0.717) is 6.42 Å².